The van der Waals surface area contributed by atoms with E-state index in [-0.39, 0.29) is 0 Å². The van der Waals surface area contributed by atoms with Crippen molar-refractivity contribution < 1.29 is 4.74 Å². The molecule has 0 bridgehead atoms. The highest BCUT2D eigenvalue weighted by Crippen LogP contribution is 2.36. The smallest absolute Gasteiger partial charge is 0.0437 e. The van der Waals surface area contributed by atoms with Crippen LogP contribution >= 0.6 is 11.6 Å². The van der Waals surface area contributed by atoms with E-state index >= 15 is 0 Å². The first kappa shape index (κ1) is 16.2. The Labute approximate surface area is 107 Å². The molecular formula is C14H29ClO. The van der Waals surface area contributed by atoms with E-state index in [1.54, 1.807) is 0 Å². The van der Waals surface area contributed by atoms with Crippen LogP contribution in [0.4, 0.5) is 0 Å². The van der Waals surface area contributed by atoms with Crippen LogP contribution in [-0.2, 0) is 4.74 Å². The van der Waals surface area contributed by atoms with E-state index in [4.69, 9.17) is 16.3 Å². The van der Waals surface area contributed by atoms with Crippen molar-refractivity contribution in [2.45, 2.75) is 59.3 Å². The van der Waals surface area contributed by atoms with Gasteiger partial charge in [0.05, 0.1) is 0 Å². The lowest BCUT2D eigenvalue weighted by Crippen LogP contribution is -2.27. The molecule has 3 atom stereocenters. The Morgan fingerprint density at radius 3 is 2.06 bits per heavy atom. The van der Waals surface area contributed by atoms with Crippen LogP contribution in [0.2, 0.25) is 0 Å². The van der Waals surface area contributed by atoms with Gasteiger partial charge >= 0.3 is 0 Å². The summed E-state index contributed by atoms with van der Waals surface area (Å²) in [5.41, 5.74) is 0. The summed E-state index contributed by atoms with van der Waals surface area (Å²) in [4.78, 5) is 0. The normalized spacial score (nSPS) is 29.8. The van der Waals surface area contributed by atoms with Crippen LogP contribution in [0.25, 0.3) is 0 Å². The Kier molecular flexibility index (Phi) is 9.44. The number of halogens is 1. The second kappa shape index (κ2) is 9.30. The van der Waals surface area contributed by atoms with Gasteiger partial charge < -0.3 is 4.74 Å². The first-order valence-corrected chi connectivity index (χ1v) is 7.18. The van der Waals surface area contributed by atoms with Gasteiger partial charge in [0.2, 0.25) is 0 Å². The van der Waals surface area contributed by atoms with Gasteiger partial charge in [0.1, 0.15) is 0 Å². The average molecular weight is 249 g/mol. The SMILES string of the molecule is CC1CCC(C(C)C)C(Cl)C1.CCOCC. The minimum atomic E-state index is 0.443. The summed E-state index contributed by atoms with van der Waals surface area (Å²) < 4.78 is 4.83. The fourth-order valence-electron chi connectivity index (χ4n) is 2.29. The third kappa shape index (κ3) is 6.75. The van der Waals surface area contributed by atoms with Crippen LogP contribution in [0.3, 0.4) is 0 Å². The highest BCUT2D eigenvalue weighted by molar-refractivity contribution is 6.20. The fraction of sp³-hybridized carbons (Fsp3) is 1.00. The maximum Gasteiger partial charge on any atom is 0.0437 e. The summed E-state index contributed by atoms with van der Waals surface area (Å²) in [5.74, 6) is 2.39. The minimum absolute atomic E-state index is 0.443. The molecule has 1 saturated carbocycles. The molecule has 0 spiro atoms. The molecule has 0 amide bonds. The van der Waals surface area contributed by atoms with Crippen LogP contribution in [0.1, 0.15) is 53.9 Å². The highest BCUT2D eigenvalue weighted by atomic mass is 35.5. The quantitative estimate of drug-likeness (QED) is 0.657. The zero-order valence-corrected chi connectivity index (χ0v) is 12.4. The van der Waals surface area contributed by atoms with E-state index in [1.807, 2.05) is 13.8 Å². The second-order valence-electron chi connectivity index (χ2n) is 5.12. The summed E-state index contributed by atoms with van der Waals surface area (Å²) in [5, 5.41) is 0.443. The van der Waals surface area contributed by atoms with Gasteiger partial charge in [0, 0.05) is 18.6 Å². The lowest BCUT2D eigenvalue weighted by molar-refractivity contribution is 0.162. The molecule has 0 radical (unpaired) electrons. The molecule has 0 heterocycles. The summed E-state index contributed by atoms with van der Waals surface area (Å²) in [6.07, 6.45) is 3.95. The van der Waals surface area contributed by atoms with Gasteiger partial charge in [-0.1, -0.05) is 27.2 Å². The molecule has 1 aliphatic carbocycles. The van der Waals surface area contributed by atoms with Gasteiger partial charge in [0.25, 0.3) is 0 Å². The van der Waals surface area contributed by atoms with E-state index < -0.39 is 0 Å². The molecule has 0 aromatic heterocycles. The maximum atomic E-state index is 6.27. The Hall–Kier alpha value is 0.250. The minimum Gasteiger partial charge on any atom is -0.382 e. The lowest BCUT2D eigenvalue weighted by Gasteiger charge is -2.33. The van der Waals surface area contributed by atoms with Crippen LogP contribution in [-0.4, -0.2) is 18.6 Å². The van der Waals surface area contributed by atoms with Gasteiger partial charge in [-0.25, -0.2) is 0 Å². The van der Waals surface area contributed by atoms with Gasteiger partial charge in [-0.15, -0.1) is 11.6 Å². The average Bonchev–Trinajstić information content (AvgIpc) is 2.19. The van der Waals surface area contributed by atoms with Crippen molar-refractivity contribution >= 4 is 11.6 Å². The van der Waals surface area contributed by atoms with E-state index in [1.165, 1.54) is 19.3 Å². The molecule has 2 heteroatoms. The third-order valence-electron chi connectivity index (χ3n) is 3.35. The van der Waals surface area contributed by atoms with Crippen LogP contribution in [0.15, 0.2) is 0 Å². The third-order valence-corrected chi connectivity index (χ3v) is 3.85. The van der Waals surface area contributed by atoms with Crippen molar-refractivity contribution in [3.05, 3.63) is 0 Å². The monoisotopic (exact) mass is 248 g/mol. The van der Waals surface area contributed by atoms with Gasteiger partial charge in [-0.05, 0) is 44.4 Å². The zero-order valence-electron chi connectivity index (χ0n) is 11.6. The first-order chi connectivity index (χ1) is 7.52. The number of rotatable bonds is 3. The number of alkyl halides is 1. The number of hydrogen-bond donors (Lipinski definition) is 0. The molecule has 16 heavy (non-hydrogen) atoms. The van der Waals surface area contributed by atoms with Crippen LogP contribution < -0.4 is 0 Å². The van der Waals surface area contributed by atoms with Gasteiger partial charge in [-0.3, -0.25) is 0 Å². The zero-order chi connectivity index (χ0) is 12.6. The molecule has 0 saturated heterocycles. The van der Waals surface area contributed by atoms with E-state index in [2.05, 4.69) is 20.8 Å². The number of ether oxygens (including phenoxy) is 1. The van der Waals surface area contributed by atoms with E-state index in [9.17, 15) is 0 Å². The predicted molar refractivity (Wildman–Crippen MR) is 73.2 cm³/mol. The largest absolute Gasteiger partial charge is 0.382 e. The Bertz CT molecular complexity index is 157. The first-order valence-electron chi connectivity index (χ1n) is 6.74. The maximum absolute atomic E-state index is 6.27. The van der Waals surface area contributed by atoms with E-state index in [0.29, 0.717) is 5.38 Å². The molecule has 1 fully saturated rings. The molecule has 0 N–H and O–H groups in total. The summed E-state index contributed by atoms with van der Waals surface area (Å²) >= 11 is 6.27. The van der Waals surface area contributed by atoms with Crippen LogP contribution in [0.5, 0.6) is 0 Å². The van der Waals surface area contributed by atoms with Gasteiger partial charge in [-0.2, -0.15) is 0 Å². The Morgan fingerprint density at radius 2 is 1.75 bits per heavy atom. The van der Waals surface area contributed by atoms with Crippen molar-refractivity contribution in [1.29, 1.82) is 0 Å². The topological polar surface area (TPSA) is 9.23 Å². The fourth-order valence-corrected chi connectivity index (χ4v) is 3.01. The summed E-state index contributed by atoms with van der Waals surface area (Å²) in [6, 6.07) is 0. The lowest BCUT2D eigenvalue weighted by atomic mass is 9.77. The van der Waals surface area contributed by atoms with Crippen molar-refractivity contribution in [2.75, 3.05) is 13.2 Å². The Morgan fingerprint density at radius 1 is 1.19 bits per heavy atom. The van der Waals surface area contributed by atoms with Crippen molar-refractivity contribution in [3.8, 4) is 0 Å². The molecule has 0 aromatic carbocycles. The highest BCUT2D eigenvalue weighted by Gasteiger charge is 2.28. The molecular weight excluding hydrogens is 220 g/mol. The molecule has 1 rings (SSSR count). The molecule has 3 unspecified atom stereocenters. The van der Waals surface area contributed by atoms with Gasteiger partial charge in [0.15, 0.2) is 0 Å². The summed E-state index contributed by atoms with van der Waals surface area (Å²) in [6.45, 7) is 12.6. The number of hydrogen-bond acceptors (Lipinski definition) is 1. The molecule has 1 aliphatic rings. The van der Waals surface area contributed by atoms with Crippen molar-refractivity contribution in [2.24, 2.45) is 17.8 Å². The van der Waals surface area contributed by atoms with Crippen molar-refractivity contribution in [1.82, 2.24) is 0 Å². The molecule has 1 nitrogen and oxygen atoms in total. The summed E-state index contributed by atoms with van der Waals surface area (Å²) in [7, 11) is 0. The molecule has 0 aliphatic heterocycles. The standard InChI is InChI=1S/C10H19Cl.C4H10O/c1-7(2)9-5-4-8(3)6-10(9)11;1-3-5-4-2/h7-10H,4-6H2,1-3H3;3-4H2,1-2H3. The van der Waals surface area contributed by atoms with E-state index in [0.717, 1.165) is 31.0 Å². The van der Waals surface area contributed by atoms with Crippen LogP contribution in [0, 0.1) is 17.8 Å². The predicted octanol–water partition coefficient (Wildman–Crippen LogP) is 4.73. The second-order valence-corrected chi connectivity index (χ2v) is 5.68. The molecule has 98 valence electrons. The van der Waals surface area contributed by atoms with Crippen molar-refractivity contribution in [3.63, 3.8) is 0 Å². The molecule has 0 aromatic rings. The Balaban J connectivity index is 0.000000385.